The highest BCUT2D eigenvalue weighted by Gasteiger charge is 2.19. The maximum absolute atomic E-state index is 12.3. The van der Waals surface area contributed by atoms with Crippen LogP contribution in [0.15, 0.2) is 40.6 Å². The SMILES string of the molecule is COc1ccc(CO)cc1S(=O)(=O)NCCc1cccs1. The van der Waals surface area contributed by atoms with Gasteiger partial charge in [0, 0.05) is 11.4 Å². The van der Waals surface area contributed by atoms with Gasteiger partial charge in [-0.25, -0.2) is 13.1 Å². The van der Waals surface area contributed by atoms with Gasteiger partial charge in [-0.15, -0.1) is 11.3 Å². The lowest BCUT2D eigenvalue weighted by atomic mass is 10.2. The Morgan fingerprint density at radius 1 is 1.33 bits per heavy atom. The van der Waals surface area contributed by atoms with E-state index >= 15 is 0 Å². The molecule has 0 bridgehead atoms. The molecule has 114 valence electrons. The lowest BCUT2D eigenvalue weighted by molar-refractivity contribution is 0.281. The van der Waals surface area contributed by atoms with Gasteiger partial charge in [-0.3, -0.25) is 0 Å². The van der Waals surface area contributed by atoms with Crippen LogP contribution in [-0.4, -0.2) is 27.2 Å². The number of aliphatic hydroxyl groups excluding tert-OH is 1. The van der Waals surface area contributed by atoms with E-state index in [1.807, 2.05) is 17.5 Å². The molecular weight excluding hydrogens is 310 g/mol. The molecule has 2 aromatic rings. The van der Waals surface area contributed by atoms with Gasteiger partial charge >= 0.3 is 0 Å². The van der Waals surface area contributed by atoms with E-state index < -0.39 is 10.0 Å². The van der Waals surface area contributed by atoms with Gasteiger partial charge in [-0.2, -0.15) is 0 Å². The molecule has 1 aromatic heterocycles. The molecule has 0 unspecified atom stereocenters. The second kappa shape index (κ2) is 7.04. The summed E-state index contributed by atoms with van der Waals surface area (Å²) < 4.78 is 32.3. The van der Waals surface area contributed by atoms with Crippen molar-refractivity contribution in [2.75, 3.05) is 13.7 Å². The van der Waals surface area contributed by atoms with Crippen molar-refractivity contribution in [3.63, 3.8) is 0 Å². The average molecular weight is 327 g/mol. The zero-order valence-corrected chi connectivity index (χ0v) is 13.2. The molecule has 0 aliphatic rings. The van der Waals surface area contributed by atoms with Gasteiger partial charge in [-0.05, 0) is 35.6 Å². The first-order chi connectivity index (χ1) is 10.1. The molecule has 0 saturated carbocycles. The second-order valence-electron chi connectivity index (χ2n) is 4.37. The highest BCUT2D eigenvalue weighted by molar-refractivity contribution is 7.89. The summed E-state index contributed by atoms with van der Waals surface area (Å²) in [6.45, 7) is 0.0943. The molecule has 0 aliphatic heterocycles. The van der Waals surface area contributed by atoms with Crippen molar-refractivity contribution in [3.05, 3.63) is 46.2 Å². The first-order valence-electron chi connectivity index (χ1n) is 6.36. The van der Waals surface area contributed by atoms with Crippen LogP contribution in [0.25, 0.3) is 0 Å². The Morgan fingerprint density at radius 2 is 2.14 bits per heavy atom. The van der Waals surface area contributed by atoms with Crippen molar-refractivity contribution in [1.82, 2.24) is 4.72 Å². The summed E-state index contributed by atoms with van der Waals surface area (Å²) in [5.41, 5.74) is 0.523. The molecule has 0 saturated heterocycles. The highest BCUT2D eigenvalue weighted by Crippen LogP contribution is 2.24. The van der Waals surface area contributed by atoms with E-state index in [4.69, 9.17) is 9.84 Å². The predicted molar refractivity (Wildman–Crippen MR) is 82.1 cm³/mol. The summed E-state index contributed by atoms with van der Waals surface area (Å²) >= 11 is 1.59. The first kappa shape index (κ1) is 16.0. The van der Waals surface area contributed by atoms with Crippen LogP contribution in [0.4, 0.5) is 0 Å². The van der Waals surface area contributed by atoms with Gasteiger partial charge in [0.1, 0.15) is 10.6 Å². The monoisotopic (exact) mass is 327 g/mol. The van der Waals surface area contributed by atoms with Crippen LogP contribution in [0.2, 0.25) is 0 Å². The standard InChI is InChI=1S/C14H17NO4S2/c1-19-13-5-4-11(10-16)9-14(13)21(17,18)15-7-6-12-3-2-8-20-12/h2-5,8-9,15-16H,6-7,10H2,1H3. The van der Waals surface area contributed by atoms with Crippen molar-refractivity contribution in [1.29, 1.82) is 0 Å². The molecule has 0 spiro atoms. The molecule has 0 atom stereocenters. The van der Waals surface area contributed by atoms with Crippen molar-refractivity contribution in [3.8, 4) is 5.75 Å². The third-order valence-corrected chi connectivity index (χ3v) is 5.36. The molecule has 2 rings (SSSR count). The van der Waals surface area contributed by atoms with Crippen LogP contribution < -0.4 is 9.46 Å². The predicted octanol–water partition coefficient (Wildman–Crippen LogP) is 1.77. The highest BCUT2D eigenvalue weighted by atomic mass is 32.2. The zero-order chi connectivity index (χ0) is 15.3. The molecule has 7 heteroatoms. The lowest BCUT2D eigenvalue weighted by Crippen LogP contribution is -2.26. The molecule has 1 aromatic carbocycles. The van der Waals surface area contributed by atoms with Crippen LogP contribution in [0.5, 0.6) is 5.75 Å². The number of aliphatic hydroxyl groups is 1. The van der Waals surface area contributed by atoms with E-state index in [2.05, 4.69) is 4.72 Å². The summed E-state index contributed by atoms with van der Waals surface area (Å²) in [4.78, 5) is 1.16. The molecule has 0 fully saturated rings. The Morgan fingerprint density at radius 3 is 2.76 bits per heavy atom. The Hall–Kier alpha value is -1.41. The molecule has 5 nitrogen and oxygen atoms in total. The maximum atomic E-state index is 12.3. The van der Waals surface area contributed by atoms with Crippen molar-refractivity contribution >= 4 is 21.4 Å². The minimum absolute atomic E-state index is 0.0442. The first-order valence-corrected chi connectivity index (χ1v) is 8.73. The fourth-order valence-corrected chi connectivity index (χ4v) is 3.83. The van der Waals surface area contributed by atoms with Gasteiger partial charge in [0.15, 0.2) is 0 Å². The summed E-state index contributed by atoms with van der Waals surface area (Å²) in [7, 11) is -2.26. The van der Waals surface area contributed by atoms with Crippen molar-refractivity contribution in [2.45, 2.75) is 17.9 Å². The summed E-state index contributed by atoms with van der Waals surface area (Å²) in [5.74, 6) is 0.260. The van der Waals surface area contributed by atoms with Gasteiger partial charge in [0.25, 0.3) is 0 Å². The topological polar surface area (TPSA) is 75.6 Å². The number of methoxy groups -OCH3 is 1. The van der Waals surface area contributed by atoms with Crippen LogP contribution in [0.1, 0.15) is 10.4 Å². The molecule has 0 aliphatic carbocycles. The third-order valence-electron chi connectivity index (χ3n) is 2.94. The van der Waals surface area contributed by atoms with E-state index in [1.165, 1.54) is 13.2 Å². The van der Waals surface area contributed by atoms with Gasteiger partial charge in [0.2, 0.25) is 10.0 Å². The Kier molecular flexibility index (Phi) is 5.35. The van der Waals surface area contributed by atoms with Crippen molar-refractivity contribution in [2.24, 2.45) is 0 Å². The van der Waals surface area contributed by atoms with E-state index in [-0.39, 0.29) is 17.3 Å². The van der Waals surface area contributed by atoms with Gasteiger partial charge in [0.05, 0.1) is 13.7 Å². The summed E-state index contributed by atoms with van der Waals surface area (Å²) in [6, 6.07) is 8.49. The number of hydrogen-bond acceptors (Lipinski definition) is 5. The van der Waals surface area contributed by atoms with Crippen LogP contribution >= 0.6 is 11.3 Å². The van der Waals surface area contributed by atoms with Crippen LogP contribution in [0.3, 0.4) is 0 Å². The molecular formula is C14H17NO4S2. The quantitative estimate of drug-likeness (QED) is 0.813. The number of benzene rings is 1. The number of thiophene rings is 1. The molecule has 2 N–H and O–H groups in total. The van der Waals surface area contributed by atoms with Gasteiger partial charge in [-0.1, -0.05) is 12.1 Å². The fraction of sp³-hybridized carbons (Fsp3) is 0.286. The maximum Gasteiger partial charge on any atom is 0.244 e. The van der Waals surface area contributed by atoms with E-state index in [9.17, 15) is 8.42 Å². The van der Waals surface area contributed by atoms with Crippen LogP contribution in [0, 0.1) is 0 Å². The largest absolute Gasteiger partial charge is 0.495 e. The van der Waals surface area contributed by atoms with E-state index in [0.717, 1.165) is 4.88 Å². The summed E-state index contributed by atoms with van der Waals surface area (Å²) in [6.07, 6.45) is 0.638. The smallest absolute Gasteiger partial charge is 0.244 e. The van der Waals surface area contributed by atoms with Gasteiger partial charge < -0.3 is 9.84 Å². The number of rotatable bonds is 7. The number of sulfonamides is 1. The molecule has 0 radical (unpaired) electrons. The second-order valence-corrected chi connectivity index (χ2v) is 7.14. The van der Waals surface area contributed by atoms with Crippen molar-refractivity contribution < 1.29 is 18.3 Å². The zero-order valence-electron chi connectivity index (χ0n) is 11.6. The fourth-order valence-electron chi connectivity index (χ4n) is 1.87. The molecule has 21 heavy (non-hydrogen) atoms. The minimum Gasteiger partial charge on any atom is -0.495 e. The minimum atomic E-state index is -3.67. The Labute approximate surface area is 128 Å². The number of hydrogen-bond donors (Lipinski definition) is 2. The third kappa shape index (κ3) is 4.04. The Balaban J connectivity index is 2.14. The van der Waals surface area contributed by atoms with E-state index in [1.54, 1.807) is 23.5 Å². The number of ether oxygens (including phenoxy) is 1. The number of nitrogens with one attached hydrogen (secondary N) is 1. The molecule has 0 amide bonds. The normalized spacial score (nSPS) is 11.5. The van der Waals surface area contributed by atoms with Crippen LogP contribution in [-0.2, 0) is 23.1 Å². The molecule has 1 heterocycles. The van der Waals surface area contributed by atoms with E-state index in [0.29, 0.717) is 18.5 Å². The lowest BCUT2D eigenvalue weighted by Gasteiger charge is -2.11. The summed E-state index contributed by atoms with van der Waals surface area (Å²) in [5, 5.41) is 11.1. The Bertz CT molecular complexity index is 681. The average Bonchev–Trinajstić information content (AvgIpc) is 2.99.